The molecule has 2 heterocycles. The fraction of sp³-hybridized carbons (Fsp3) is 0.579. The Morgan fingerprint density at radius 2 is 1.89 bits per heavy atom. The van der Waals surface area contributed by atoms with Crippen molar-refractivity contribution >= 4 is 40.0 Å². The number of anilines is 1. The van der Waals surface area contributed by atoms with Gasteiger partial charge in [-0.3, -0.25) is 4.79 Å². The number of carbonyl (C=O) groups excluding carboxylic acids is 2. The van der Waals surface area contributed by atoms with E-state index in [9.17, 15) is 9.59 Å². The van der Waals surface area contributed by atoms with Crippen LogP contribution in [-0.2, 0) is 9.53 Å². The molecular formula is C19H28N4O3S2. The second-order valence-corrected chi connectivity index (χ2v) is 9.17. The largest absolute Gasteiger partial charge is 0.462 e. The number of hydrogen-bond donors (Lipinski definition) is 1. The highest BCUT2D eigenvalue weighted by atomic mass is 32.2. The van der Waals surface area contributed by atoms with Crippen molar-refractivity contribution in [2.75, 3.05) is 17.7 Å². The van der Waals surface area contributed by atoms with Crippen molar-refractivity contribution in [3.8, 4) is 0 Å². The molecule has 2 rings (SSSR count). The van der Waals surface area contributed by atoms with Crippen LogP contribution in [-0.4, -0.2) is 39.0 Å². The molecule has 0 aromatic carbocycles. The molecule has 0 aliphatic heterocycles. The Bertz CT molecular complexity index is 856. The maximum absolute atomic E-state index is 12.5. The third-order valence-corrected chi connectivity index (χ3v) is 6.24. The molecule has 0 atom stereocenters. The molecule has 2 aromatic heterocycles. The van der Waals surface area contributed by atoms with E-state index in [1.807, 2.05) is 13.8 Å². The minimum atomic E-state index is -0.409. The Morgan fingerprint density at radius 3 is 2.46 bits per heavy atom. The van der Waals surface area contributed by atoms with Crippen LogP contribution < -0.4 is 5.32 Å². The summed E-state index contributed by atoms with van der Waals surface area (Å²) >= 11 is 2.73. The Morgan fingerprint density at radius 1 is 1.21 bits per heavy atom. The lowest BCUT2D eigenvalue weighted by atomic mass is 10.1. The summed E-state index contributed by atoms with van der Waals surface area (Å²) in [6.07, 6.45) is 0. The van der Waals surface area contributed by atoms with Crippen LogP contribution in [0.1, 0.15) is 73.2 Å². The second-order valence-electron chi connectivity index (χ2n) is 7.00. The van der Waals surface area contributed by atoms with Crippen LogP contribution in [0.25, 0.3) is 0 Å². The molecule has 0 saturated heterocycles. The van der Waals surface area contributed by atoms with Crippen LogP contribution >= 0.6 is 23.1 Å². The van der Waals surface area contributed by atoms with Gasteiger partial charge in [-0.15, -0.1) is 21.5 Å². The lowest BCUT2D eigenvalue weighted by Gasteiger charge is -2.15. The van der Waals surface area contributed by atoms with Gasteiger partial charge in [0.25, 0.3) is 0 Å². The monoisotopic (exact) mass is 424 g/mol. The Kier molecular flexibility index (Phi) is 7.65. The van der Waals surface area contributed by atoms with Gasteiger partial charge < -0.3 is 14.6 Å². The number of rotatable bonds is 8. The summed E-state index contributed by atoms with van der Waals surface area (Å²) in [7, 11) is 0. The number of esters is 1. The van der Waals surface area contributed by atoms with Gasteiger partial charge in [0.05, 0.1) is 17.9 Å². The third-order valence-electron chi connectivity index (χ3n) is 4.17. The van der Waals surface area contributed by atoms with E-state index in [1.54, 1.807) is 6.92 Å². The molecule has 28 heavy (non-hydrogen) atoms. The summed E-state index contributed by atoms with van der Waals surface area (Å²) in [6.45, 7) is 14.1. The first-order valence-electron chi connectivity index (χ1n) is 9.31. The first-order valence-corrected chi connectivity index (χ1v) is 11.1. The molecule has 0 fully saturated rings. The topological polar surface area (TPSA) is 86.1 Å². The van der Waals surface area contributed by atoms with Crippen molar-refractivity contribution in [3.63, 3.8) is 0 Å². The molecule has 0 spiro atoms. The molecule has 154 valence electrons. The molecule has 0 radical (unpaired) electrons. The van der Waals surface area contributed by atoms with Crippen LogP contribution in [0.2, 0.25) is 0 Å². The van der Waals surface area contributed by atoms with Gasteiger partial charge in [0, 0.05) is 16.8 Å². The number of hydrogen-bond acceptors (Lipinski definition) is 7. The summed E-state index contributed by atoms with van der Waals surface area (Å²) < 4.78 is 7.19. The fourth-order valence-corrected chi connectivity index (χ4v) is 4.66. The molecule has 9 heteroatoms. The van der Waals surface area contributed by atoms with E-state index < -0.39 is 5.97 Å². The Labute approximate surface area is 174 Å². The molecule has 0 unspecified atom stereocenters. The van der Waals surface area contributed by atoms with Crippen molar-refractivity contribution in [1.82, 2.24) is 14.8 Å². The average molecular weight is 425 g/mol. The Balaban J connectivity index is 2.12. The number of nitrogens with one attached hydrogen (secondary N) is 1. The molecule has 1 amide bonds. The standard InChI is InChI=1S/C19H28N4O3S2/c1-8-26-18(25)15-12(6)13(7)28-17(15)20-14(24)9-27-19-22-21-16(10(2)3)23(19)11(4)5/h10-11H,8-9H2,1-7H3,(H,20,24). The van der Waals surface area contributed by atoms with Gasteiger partial charge in [-0.05, 0) is 40.2 Å². The highest BCUT2D eigenvalue weighted by molar-refractivity contribution is 7.99. The van der Waals surface area contributed by atoms with E-state index in [0.717, 1.165) is 21.4 Å². The van der Waals surface area contributed by atoms with Crippen molar-refractivity contribution in [3.05, 3.63) is 21.8 Å². The van der Waals surface area contributed by atoms with Crippen molar-refractivity contribution in [1.29, 1.82) is 0 Å². The molecule has 0 aliphatic carbocycles. The maximum atomic E-state index is 12.5. The predicted octanol–water partition coefficient (Wildman–Crippen LogP) is 4.57. The first-order chi connectivity index (χ1) is 13.2. The van der Waals surface area contributed by atoms with Gasteiger partial charge in [0.2, 0.25) is 5.91 Å². The normalized spacial score (nSPS) is 11.3. The predicted molar refractivity (Wildman–Crippen MR) is 114 cm³/mol. The number of aryl methyl sites for hydroxylation is 1. The molecule has 2 aromatic rings. The van der Waals surface area contributed by atoms with Gasteiger partial charge in [-0.1, -0.05) is 25.6 Å². The minimum Gasteiger partial charge on any atom is -0.462 e. The molecule has 7 nitrogen and oxygen atoms in total. The van der Waals surface area contributed by atoms with Crippen LogP contribution in [0.4, 0.5) is 5.00 Å². The highest BCUT2D eigenvalue weighted by Crippen LogP contribution is 2.33. The minimum absolute atomic E-state index is 0.182. The van der Waals surface area contributed by atoms with E-state index in [1.165, 1.54) is 23.1 Å². The van der Waals surface area contributed by atoms with Gasteiger partial charge >= 0.3 is 5.97 Å². The second kappa shape index (κ2) is 9.56. The van der Waals surface area contributed by atoms with Gasteiger partial charge in [0.1, 0.15) is 10.8 Å². The zero-order valence-electron chi connectivity index (χ0n) is 17.5. The number of ether oxygens (including phenoxy) is 1. The SMILES string of the molecule is CCOC(=O)c1c(NC(=O)CSc2nnc(C(C)C)n2C(C)C)sc(C)c1C. The number of thiophene rings is 1. The van der Waals surface area contributed by atoms with Gasteiger partial charge in [0.15, 0.2) is 5.16 Å². The fourth-order valence-electron chi connectivity index (χ4n) is 2.72. The number of amides is 1. The van der Waals surface area contributed by atoms with E-state index in [0.29, 0.717) is 17.2 Å². The van der Waals surface area contributed by atoms with Crippen LogP contribution in [0.5, 0.6) is 0 Å². The van der Waals surface area contributed by atoms with Crippen LogP contribution in [0, 0.1) is 13.8 Å². The van der Waals surface area contributed by atoms with Crippen molar-refractivity contribution in [2.45, 2.75) is 65.6 Å². The van der Waals surface area contributed by atoms with E-state index in [4.69, 9.17) is 4.74 Å². The van der Waals surface area contributed by atoms with Gasteiger partial charge in [-0.2, -0.15) is 0 Å². The summed E-state index contributed by atoms with van der Waals surface area (Å²) in [5, 5.41) is 12.6. The third kappa shape index (κ3) is 4.94. The van der Waals surface area contributed by atoms with Crippen LogP contribution in [0.3, 0.4) is 0 Å². The number of carbonyl (C=O) groups is 2. The maximum Gasteiger partial charge on any atom is 0.341 e. The Hall–Kier alpha value is -1.87. The average Bonchev–Trinajstić information content (AvgIpc) is 3.15. The van der Waals surface area contributed by atoms with E-state index >= 15 is 0 Å². The zero-order valence-corrected chi connectivity index (χ0v) is 19.1. The van der Waals surface area contributed by atoms with Crippen molar-refractivity contribution in [2.24, 2.45) is 0 Å². The molecular weight excluding hydrogens is 396 g/mol. The highest BCUT2D eigenvalue weighted by Gasteiger charge is 2.23. The zero-order chi connectivity index (χ0) is 21.0. The van der Waals surface area contributed by atoms with Crippen LogP contribution in [0.15, 0.2) is 5.16 Å². The molecule has 0 bridgehead atoms. The number of nitrogens with zero attached hydrogens (tertiary/aromatic N) is 3. The number of aromatic nitrogens is 3. The first kappa shape index (κ1) is 22.4. The summed E-state index contributed by atoms with van der Waals surface area (Å²) in [4.78, 5) is 25.8. The summed E-state index contributed by atoms with van der Waals surface area (Å²) in [5.41, 5.74) is 1.28. The van der Waals surface area contributed by atoms with Gasteiger partial charge in [-0.25, -0.2) is 4.79 Å². The van der Waals surface area contributed by atoms with Crippen molar-refractivity contribution < 1.29 is 14.3 Å². The lowest BCUT2D eigenvalue weighted by Crippen LogP contribution is -2.17. The quantitative estimate of drug-likeness (QED) is 0.493. The van der Waals surface area contributed by atoms with E-state index in [-0.39, 0.29) is 23.6 Å². The lowest BCUT2D eigenvalue weighted by molar-refractivity contribution is -0.113. The van der Waals surface area contributed by atoms with E-state index in [2.05, 4.69) is 47.8 Å². The summed E-state index contributed by atoms with van der Waals surface area (Å²) in [6, 6.07) is 0.205. The summed E-state index contributed by atoms with van der Waals surface area (Å²) in [5.74, 6) is 0.741. The molecule has 0 aliphatic rings. The number of thioether (sulfide) groups is 1. The smallest absolute Gasteiger partial charge is 0.341 e. The molecule has 1 N–H and O–H groups in total. The molecule has 0 saturated carbocycles.